The number of rotatable bonds is 2. The number of sulfonamides is 1. The minimum Gasteiger partial charge on any atom is -0.302 e. The third kappa shape index (κ3) is 1.73. The molecule has 0 aromatic carbocycles. The maximum Gasteiger partial charge on any atom is 0.268 e. The van der Waals surface area contributed by atoms with Crippen molar-refractivity contribution >= 4 is 21.4 Å². The van der Waals surface area contributed by atoms with Crippen molar-refractivity contribution in [1.82, 2.24) is 14.5 Å². The molecule has 3 rings (SSSR count). The van der Waals surface area contributed by atoms with Crippen molar-refractivity contribution in [1.29, 1.82) is 0 Å². The number of nitrogens with one attached hydrogen (secondary N) is 2. The molecular formula is C10H11N3O3S2. The van der Waals surface area contributed by atoms with Crippen molar-refractivity contribution in [3.8, 4) is 0 Å². The van der Waals surface area contributed by atoms with Crippen molar-refractivity contribution in [2.45, 2.75) is 17.2 Å². The molecule has 0 atom stereocenters. The number of thiophene rings is 1. The van der Waals surface area contributed by atoms with Crippen LogP contribution >= 0.6 is 11.3 Å². The summed E-state index contributed by atoms with van der Waals surface area (Å²) in [4.78, 5) is 11.5. The molecule has 96 valence electrons. The first kappa shape index (κ1) is 11.7. The molecule has 18 heavy (non-hydrogen) atoms. The van der Waals surface area contributed by atoms with Gasteiger partial charge in [-0.3, -0.25) is 9.89 Å². The van der Waals surface area contributed by atoms with Gasteiger partial charge in [-0.05, 0) is 11.4 Å². The Kier molecular flexibility index (Phi) is 2.65. The molecule has 1 aliphatic heterocycles. The smallest absolute Gasteiger partial charge is 0.268 e. The number of aromatic amines is 2. The van der Waals surface area contributed by atoms with Gasteiger partial charge in [-0.1, -0.05) is 6.07 Å². The summed E-state index contributed by atoms with van der Waals surface area (Å²) in [6, 6.07) is 3.28. The molecule has 1 aliphatic rings. The van der Waals surface area contributed by atoms with E-state index in [1.807, 2.05) is 0 Å². The molecule has 0 aliphatic carbocycles. The summed E-state index contributed by atoms with van der Waals surface area (Å²) in [7, 11) is -3.47. The fraction of sp³-hybridized carbons (Fsp3) is 0.300. The van der Waals surface area contributed by atoms with E-state index in [2.05, 4.69) is 10.2 Å². The van der Waals surface area contributed by atoms with Crippen LogP contribution in [0.4, 0.5) is 0 Å². The normalized spacial score (nSPS) is 16.7. The van der Waals surface area contributed by atoms with Crippen LogP contribution < -0.4 is 5.56 Å². The number of nitrogens with zero attached hydrogens (tertiary/aromatic N) is 1. The monoisotopic (exact) mass is 285 g/mol. The molecule has 0 unspecified atom stereocenters. The average molecular weight is 285 g/mol. The van der Waals surface area contributed by atoms with E-state index in [9.17, 15) is 13.2 Å². The lowest BCUT2D eigenvalue weighted by Crippen LogP contribution is -2.37. The zero-order valence-corrected chi connectivity index (χ0v) is 11.0. The number of hydrogen-bond acceptors (Lipinski definition) is 4. The fourth-order valence-electron chi connectivity index (χ4n) is 2.04. The molecule has 2 aromatic heterocycles. The van der Waals surface area contributed by atoms with E-state index in [1.165, 1.54) is 15.6 Å². The number of H-pyrrole nitrogens is 2. The Morgan fingerprint density at radius 1 is 1.33 bits per heavy atom. The summed E-state index contributed by atoms with van der Waals surface area (Å²) in [5.41, 5.74) is 1.08. The van der Waals surface area contributed by atoms with Crippen LogP contribution in [0, 0.1) is 0 Å². The summed E-state index contributed by atoms with van der Waals surface area (Å²) in [5, 5.41) is 6.99. The van der Waals surface area contributed by atoms with Crippen LogP contribution in [0.15, 0.2) is 26.5 Å². The van der Waals surface area contributed by atoms with Gasteiger partial charge in [0, 0.05) is 25.2 Å². The van der Waals surface area contributed by atoms with E-state index in [-0.39, 0.29) is 12.1 Å². The Hall–Kier alpha value is -1.38. The zero-order chi connectivity index (χ0) is 12.8. The van der Waals surface area contributed by atoms with Gasteiger partial charge in [-0.2, -0.15) is 4.31 Å². The summed E-state index contributed by atoms with van der Waals surface area (Å²) in [6.07, 6.45) is 0.526. The highest BCUT2D eigenvalue weighted by Gasteiger charge is 2.30. The largest absolute Gasteiger partial charge is 0.302 e. The highest BCUT2D eigenvalue weighted by Crippen LogP contribution is 2.25. The predicted octanol–water partition coefficient (Wildman–Crippen LogP) is 0.511. The molecule has 8 heteroatoms. The van der Waals surface area contributed by atoms with Crippen molar-refractivity contribution in [2.24, 2.45) is 0 Å². The van der Waals surface area contributed by atoms with E-state index in [0.29, 0.717) is 22.7 Å². The lowest BCUT2D eigenvalue weighted by molar-refractivity contribution is 0.390. The lowest BCUT2D eigenvalue weighted by Gasteiger charge is -2.24. The third-order valence-electron chi connectivity index (χ3n) is 3.00. The van der Waals surface area contributed by atoms with E-state index >= 15 is 0 Å². The second-order valence-corrected chi connectivity index (χ2v) is 7.17. The van der Waals surface area contributed by atoms with Crippen LogP contribution in [0.25, 0.3) is 0 Å². The summed E-state index contributed by atoms with van der Waals surface area (Å²) >= 11 is 1.19. The Bertz CT molecular complexity index is 712. The standard InChI is InChI=1S/C10H11N3O3S2/c14-10-7-6-13(4-3-8(7)11-12-10)18(15,16)9-2-1-5-17-9/h1-2,5H,3-4,6H2,(H2,11,12,14). The van der Waals surface area contributed by atoms with Crippen LogP contribution in [0.3, 0.4) is 0 Å². The number of fused-ring (bicyclic) bond motifs is 1. The van der Waals surface area contributed by atoms with Crippen molar-refractivity contribution in [3.05, 3.63) is 39.1 Å². The maximum atomic E-state index is 12.3. The SMILES string of the molecule is O=c1[nH][nH]c2c1CN(S(=O)(=O)c1cccs1)CC2. The highest BCUT2D eigenvalue weighted by molar-refractivity contribution is 7.91. The second-order valence-electron chi connectivity index (χ2n) is 4.06. The topological polar surface area (TPSA) is 86.0 Å². The first-order valence-electron chi connectivity index (χ1n) is 5.41. The Balaban J connectivity index is 1.97. The molecule has 0 amide bonds. The molecule has 0 saturated carbocycles. The Morgan fingerprint density at radius 3 is 2.89 bits per heavy atom. The van der Waals surface area contributed by atoms with E-state index in [0.717, 1.165) is 5.69 Å². The molecule has 0 spiro atoms. The van der Waals surface area contributed by atoms with Crippen molar-refractivity contribution in [2.75, 3.05) is 6.54 Å². The van der Waals surface area contributed by atoms with Gasteiger partial charge < -0.3 is 5.10 Å². The summed E-state index contributed by atoms with van der Waals surface area (Å²) in [5.74, 6) is 0. The van der Waals surface area contributed by atoms with Crippen molar-refractivity contribution < 1.29 is 8.42 Å². The first-order valence-corrected chi connectivity index (χ1v) is 7.73. The minimum atomic E-state index is -3.47. The summed E-state index contributed by atoms with van der Waals surface area (Å²) < 4.78 is 26.3. The van der Waals surface area contributed by atoms with Gasteiger partial charge in [-0.25, -0.2) is 8.42 Å². The predicted molar refractivity (Wildman–Crippen MR) is 67.0 cm³/mol. The van der Waals surface area contributed by atoms with Gasteiger partial charge in [0.15, 0.2) is 0 Å². The molecule has 6 nitrogen and oxygen atoms in total. The Labute approximate surface area is 107 Å². The molecular weight excluding hydrogens is 274 g/mol. The maximum absolute atomic E-state index is 12.3. The third-order valence-corrected chi connectivity index (χ3v) is 6.22. The molecule has 2 N–H and O–H groups in total. The van der Waals surface area contributed by atoms with Crippen LogP contribution in [0.1, 0.15) is 11.3 Å². The first-order chi connectivity index (χ1) is 8.59. The van der Waals surface area contributed by atoms with Gasteiger partial charge in [0.1, 0.15) is 4.21 Å². The molecule has 0 fully saturated rings. The number of aromatic nitrogens is 2. The van der Waals surface area contributed by atoms with E-state index in [1.54, 1.807) is 17.5 Å². The van der Waals surface area contributed by atoms with Crippen LogP contribution in [0.2, 0.25) is 0 Å². The molecule has 0 saturated heterocycles. The fourth-order valence-corrected chi connectivity index (χ4v) is 4.59. The highest BCUT2D eigenvalue weighted by atomic mass is 32.2. The molecule has 3 heterocycles. The van der Waals surface area contributed by atoms with Crippen LogP contribution in [-0.2, 0) is 23.0 Å². The van der Waals surface area contributed by atoms with Gasteiger partial charge in [0.25, 0.3) is 15.6 Å². The van der Waals surface area contributed by atoms with Gasteiger partial charge in [-0.15, -0.1) is 11.3 Å². The van der Waals surface area contributed by atoms with Crippen LogP contribution in [0.5, 0.6) is 0 Å². The van der Waals surface area contributed by atoms with E-state index in [4.69, 9.17) is 0 Å². The molecule has 0 bridgehead atoms. The zero-order valence-electron chi connectivity index (χ0n) is 9.34. The molecule has 2 aromatic rings. The van der Waals surface area contributed by atoms with Gasteiger partial charge in [0.2, 0.25) is 0 Å². The van der Waals surface area contributed by atoms with Gasteiger partial charge >= 0.3 is 0 Å². The molecule has 0 radical (unpaired) electrons. The Morgan fingerprint density at radius 2 is 2.17 bits per heavy atom. The number of hydrogen-bond donors (Lipinski definition) is 2. The lowest BCUT2D eigenvalue weighted by atomic mass is 10.1. The van der Waals surface area contributed by atoms with E-state index < -0.39 is 10.0 Å². The average Bonchev–Trinajstić information content (AvgIpc) is 2.99. The second kappa shape index (κ2) is 4.08. The van der Waals surface area contributed by atoms with Crippen molar-refractivity contribution in [3.63, 3.8) is 0 Å². The van der Waals surface area contributed by atoms with Gasteiger partial charge in [0.05, 0.1) is 5.56 Å². The van der Waals surface area contributed by atoms with Crippen LogP contribution in [-0.4, -0.2) is 29.5 Å². The quantitative estimate of drug-likeness (QED) is 0.843. The minimum absolute atomic E-state index is 0.133. The summed E-state index contributed by atoms with van der Waals surface area (Å²) in [6.45, 7) is 0.523.